The van der Waals surface area contributed by atoms with Crippen LogP contribution >= 0.6 is 11.6 Å². The van der Waals surface area contributed by atoms with Gasteiger partial charge in [-0.1, -0.05) is 48.0 Å². The van der Waals surface area contributed by atoms with Gasteiger partial charge in [0, 0.05) is 11.8 Å². The number of ether oxygens (including phenoxy) is 3. The van der Waals surface area contributed by atoms with E-state index in [-0.39, 0.29) is 12.4 Å². The second-order valence-corrected chi connectivity index (χ2v) is 7.49. The summed E-state index contributed by atoms with van der Waals surface area (Å²) < 4.78 is 30.8. The molecule has 0 aliphatic heterocycles. The number of hydrogen-bond donors (Lipinski definition) is 0. The summed E-state index contributed by atoms with van der Waals surface area (Å²) in [5.41, 5.74) is 1.92. The molecule has 0 amide bonds. The number of hydrogen-bond acceptors (Lipinski definition) is 4. The zero-order valence-corrected chi connectivity index (χ0v) is 18.6. The fraction of sp³-hybridized carbons (Fsp3) is 0.0741. The molecule has 0 bridgehead atoms. The molecule has 0 aliphatic rings. The Hall–Kier alpha value is -3.83. The predicted molar refractivity (Wildman–Crippen MR) is 129 cm³/mol. The maximum atomic E-state index is 13.9. The first kappa shape index (κ1) is 22.4. The first-order chi connectivity index (χ1) is 16.1. The number of aliphatic imine (C=N–C) groups is 1. The van der Waals surface area contributed by atoms with Crippen LogP contribution in [0.1, 0.15) is 11.1 Å². The van der Waals surface area contributed by atoms with E-state index in [0.717, 1.165) is 22.7 Å². The zero-order valence-electron chi connectivity index (χ0n) is 17.9. The minimum atomic E-state index is -0.337. The molecular formula is C27H21ClFNO3. The monoisotopic (exact) mass is 461 g/mol. The number of rotatable bonds is 8. The van der Waals surface area contributed by atoms with Gasteiger partial charge in [-0.25, -0.2) is 4.39 Å². The van der Waals surface area contributed by atoms with E-state index in [1.807, 2.05) is 54.6 Å². The number of benzene rings is 4. The van der Waals surface area contributed by atoms with E-state index < -0.39 is 0 Å². The van der Waals surface area contributed by atoms with Gasteiger partial charge in [-0.15, -0.1) is 0 Å². The molecule has 4 rings (SSSR count). The van der Waals surface area contributed by atoms with Gasteiger partial charge in [0.05, 0.1) is 17.8 Å². The minimum Gasteiger partial charge on any atom is -0.493 e. The third-order valence-electron chi connectivity index (χ3n) is 4.76. The molecule has 0 saturated heterocycles. The number of methoxy groups -OCH3 is 1. The quantitative estimate of drug-likeness (QED) is 0.253. The molecule has 33 heavy (non-hydrogen) atoms. The van der Waals surface area contributed by atoms with Gasteiger partial charge in [-0.05, 0) is 60.2 Å². The van der Waals surface area contributed by atoms with E-state index in [1.54, 1.807) is 36.5 Å². The van der Waals surface area contributed by atoms with Crippen LogP contribution in [-0.2, 0) is 6.61 Å². The second kappa shape index (κ2) is 10.7. The molecule has 0 heterocycles. The Morgan fingerprint density at radius 2 is 1.58 bits per heavy atom. The third kappa shape index (κ3) is 5.90. The molecule has 166 valence electrons. The van der Waals surface area contributed by atoms with Crippen molar-refractivity contribution in [1.29, 1.82) is 0 Å². The van der Waals surface area contributed by atoms with Gasteiger partial charge in [-0.2, -0.15) is 0 Å². The van der Waals surface area contributed by atoms with Crippen LogP contribution in [0.5, 0.6) is 23.0 Å². The summed E-state index contributed by atoms with van der Waals surface area (Å²) in [6.07, 6.45) is 1.68. The fourth-order valence-corrected chi connectivity index (χ4v) is 3.37. The summed E-state index contributed by atoms with van der Waals surface area (Å²) >= 11 is 6.42. The van der Waals surface area contributed by atoms with Crippen LogP contribution in [-0.4, -0.2) is 13.3 Å². The zero-order chi connectivity index (χ0) is 23.0. The van der Waals surface area contributed by atoms with Gasteiger partial charge in [0.1, 0.15) is 23.9 Å². The molecule has 0 unspecified atom stereocenters. The molecule has 0 spiro atoms. The van der Waals surface area contributed by atoms with E-state index in [0.29, 0.717) is 22.1 Å². The summed E-state index contributed by atoms with van der Waals surface area (Å²) in [5.74, 6) is 1.94. The summed E-state index contributed by atoms with van der Waals surface area (Å²) in [6, 6.07) is 26.9. The molecule has 0 N–H and O–H groups in total. The number of para-hydroxylation sites is 1. The highest BCUT2D eigenvalue weighted by Gasteiger charge is 2.13. The van der Waals surface area contributed by atoms with Crippen LogP contribution in [0.15, 0.2) is 96.0 Å². The molecule has 0 aliphatic carbocycles. The van der Waals surface area contributed by atoms with Crippen molar-refractivity contribution in [1.82, 2.24) is 0 Å². The number of halogens is 2. The van der Waals surface area contributed by atoms with Gasteiger partial charge in [0.2, 0.25) is 0 Å². The van der Waals surface area contributed by atoms with Gasteiger partial charge >= 0.3 is 0 Å². The topological polar surface area (TPSA) is 40.0 Å². The van der Waals surface area contributed by atoms with E-state index in [9.17, 15) is 4.39 Å². The third-order valence-corrected chi connectivity index (χ3v) is 5.04. The van der Waals surface area contributed by atoms with Crippen LogP contribution in [0.2, 0.25) is 5.02 Å². The lowest BCUT2D eigenvalue weighted by Crippen LogP contribution is -2.01. The van der Waals surface area contributed by atoms with Gasteiger partial charge in [-0.3, -0.25) is 4.99 Å². The molecule has 4 aromatic rings. The average molecular weight is 462 g/mol. The predicted octanol–water partition coefficient (Wildman–Crippen LogP) is 7.61. The Morgan fingerprint density at radius 1 is 0.879 bits per heavy atom. The summed E-state index contributed by atoms with van der Waals surface area (Å²) in [4.78, 5) is 4.49. The Bertz CT molecular complexity index is 1240. The molecule has 4 aromatic carbocycles. The lowest BCUT2D eigenvalue weighted by Gasteiger charge is -2.13. The first-order valence-corrected chi connectivity index (χ1v) is 10.6. The minimum absolute atomic E-state index is 0.0353. The Kier molecular flexibility index (Phi) is 7.22. The highest BCUT2D eigenvalue weighted by atomic mass is 35.5. The van der Waals surface area contributed by atoms with Crippen molar-refractivity contribution in [3.8, 4) is 23.0 Å². The van der Waals surface area contributed by atoms with Crippen LogP contribution in [0, 0.1) is 5.82 Å². The van der Waals surface area contributed by atoms with Gasteiger partial charge < -0.3 is 14.2 Å². The number of nitrogens with zero attached hydrogens (tertiary/aromatic N) is 1. The van der Waals surface area contributed by atoms with Gasteiger partial charge in [0.15, 0.2) is 11.5 Å². The van der Waals surface area contributed by atoms with E-state index in [1.165, 1.54) is 13.2 Å². The van der Waals surface area contributed by atoms with Crippen molar-refractivity contribution < 1.29 is 18.6 Å². The molecule has 4 nitrogen and oxygen atoms in total. The van der Waals surface area contributed by atoms with Crippen molar-refractivity contribution >= 4 is 23.5 Å². The summed E-state index contributed by atoms with van der Waals surface area (Å²) in [5, 5.41) is 0.346. The molecular weight excluding hydrogens is 441 g/mol. The van der Waals surface area contributed by atoms with Crippen molar-refractivity contribution in [2.45, 2.75) is 6.61 Å². The Labute approximate surface area is 196 Å². The molecule has 0 saturated carbocycles. The largest absolute Gasteiger partial charge is 0.493 e. The smallest absolute Gasteiger partial charge is 0.180 e. The SMILES string of the molecule is COc1cc(C=Nc2ccc(Oc3ccccc3)cc2)cc(Cl)c1OCc1ccccc1F. The van der Waals surface area contributed by atoms with Crippen molar-refractivity contribution in [2.24, 2.45) is 4.99 Å². The van der Waals surface area contributed by atoms with Crippen molar-refractivity contribution in [2.75, 3.05) is 7.11 Å². The highest BCUT2D eigenvalue weighted by Crippen LogP contribution is 2.37. The second-order valence-electron chi connectivity index (χ2n) is 7.08. The van der Waals surface area contributed by atoms with E-state index in [2.05, 4.69) is 4.99 Å². The molecule has 0 fully saturated rings. The van der Waals surface area contributed by atoms with E-state index in [4.69, 9.17) is 25.8 Å². The molecule has 0 aromatic heterocycles. The fourth-order valence-electron chi connectivity index (χ4n) is 3.09. The van der Waals surface area contributed by atoms with E-state index >= 15 is 0 Å². The van der Waals surface area contributed by atoms with Crippen LogP contribution in [0.4, 0.5) is 10.1 Å². The van der Waals surface area contributed by atoms with Crippen LogP contribution in [0.25, 0.3) is 0 Å². The summed E-state index contributed by atoms with van der Waals surface area (Å²) in [6.45, 7) is 0.0353. The maximum absolute atomic E-state index is 13.9. The van der Waals surface area contributed by atoms with Crippen LogP contribution in [0.3, 0.4) is 0 Å². The summed E-state index contributed by atoms with van der Waals surface area (Å²) in [7, 11) is 1.52. The van der Waals surface area contributed by atoms with Crippen molar-refractivity contribution in [3.05, 3.63) is 113 Å². The van der Waals surface area contributed by atoms with Crippen LogP contribution < -0.4 is 14.2 Å². The maximum Gasteiger partial charge on any atom is 0.180 e. The Morgan fingerprint density at radius 3 is 2.30 bits per heavy atom. The van der Waals surface area contributed by atoms with Gasteiger partial charge in [0.25, 0.3) is 0 Å². The Balaban J connectivity index is 1.45. The first-order valence-electron chi connectivity index (χ1n) is 10.2. The normalized spacial score (nSPS) is 10.9. The average Bonchev–Trinajstić information content (AvgIpc) is 2.84. The molecule has 6 heteroatoms. The lowest BCUT2D eigenvalue weighted by atomic mass is 10.2. The molecule has 0 atom stereocenters. The standard InChI is InChI=1S/C27H21ClFNO3/c1-31-26-16-19(15-24(28)27(26)32-18-20-7-5-6-10-25(20)29)17-30-21-11-13-23(14-12-21)33-22-8-3-2-4-9-22/h2-17H,18H2,1H3. The molecule has 0 radical (unpaired) electrons. The lowest BCUT2D eigenvalue weighted by molar-refractivity contribution is 0.280. The highest BCUT2D eigenvalue weighted by molar-refractivity contribution is 6.32. The van der Waals surface area contributed by atoms with Crippen molar-refractivity contribution in [3.63, 3.8) is 0 Å².